The molecule has 0 spiro atoms. The summed E-state index contributed by atoms with van der Waals surface area (Å²) in [5.41, 5.74) is 17.6. The first kappa shape index (κ1) is 35.2. The van der Waals surface area contributed by atoms with E-state index in [1.807, 2.05) is 0 Å². The van der Waals surface area contributed by atoms with Gasteiger partial charge in [0.05, 0.1) is 16.5 Å². The van der Waals surface area contributed by atoms with Gasteiger partial charge in [-0.1, -0.05) is 206 Å². The van der Waals surface area contributed by atoms with Crippen LogP contribution in [0.4, 0.5) is 17.1 Å². The van der Waals surface area contributed by atoms with Crippen LogP contribution in [0.15, 0.2) is 249 Å². The summed E-state index contributed by atoms with van der Waals surface area (Å²) in [6.45, 7) is 0. The Morgan fingerprint density at radius 3 is 1.15 bits per heavy atom. The fraction of sp³-hybridized carbons (Fsp3) is 0.0333. The fourth-order valence-corrected chi connectivity index (χ4v) is 11.0. The number of nitrogens with zero attached hydrogens (tertiary/aromatic N) is 1. The van der Waals surface area contributed by atoms with Crippen molar-refractivity contribution >= 4 is 27.8 Å². The van der Waals surface area contributed by atoms with Crippen molar-refractivity contribution in [3.8, 4) is 22.3 Å². The lowest BCUT2D eigenvalue weighted by Gasteiger charge is -2.36. The first-order chi connectivity index (χ1) is 30.3. The van der Waals surface area contributed by atoms with Crippen molar-refractivity contribution in [2.75, 3.05) is 4.90 Å². The molecular formula is C60H41N. The zero-order valence-electron chi connectivity index (χ0n) is 33.6. The van der Waals surface area contributed by atoms with Crippen LogP contribution in [0.1, 0.15) is 44.5 Å². The molecule has 0 fully saturated rings. The van der Waals surface area contributed by atoms with Gasteiger partial charge in [0.1, 0.15) is 0 Å². The van der Waals surface area contributed by atoms with Crippen molar-refractivity contribution in [3.63, 3.8) is 0 Å². The molecule has 10 aromatic carbocycles. The molecule has 0 radical (unpaired) electrons. The van der Waals surface area contributed by atoms with E-state index in [0.29, 0.717) is 0 Å². The Balaban J connectivity index is 1.27. The largest absolute Gasteiger partial charge is 0.310 e. The van der Waals surface area contributed by atoms with Crippen LogP contribution < -0.4 is 4.90 Å². The van der Waals surface area contributed by atoms with Crippen molar-refractivity contribution in [2.45, 2.75) is 10.8 Å². The lowest BCUT2D eigenvalue weighted by Crippen LogP contribution is -2.30. The average Bonchev–Trinajstić information content (AvgIpc) is 3.80. The monoisotopic (exact) mass is 775 g/mol. The van der Waals surface area contributed by atoms with Gasteiger partial charge >= 0.3 is 0 Å². The number of hydrogen-bond acceptors (Lipinski definition) is 1. The highest BCUT2D eigenvalue weighted by Crippen LogP contribution is 2.64. The molecule has 1 heteroatoms. The second kappa shape index (κ2) is 13.9. The fourth-order valence-electron chi connectivity index (χ4n) is 11.0. The van der Waals surface area contributed by atoms with Gasteiger partial charge in [0.2, 0.25) is 0 Å². The summed E-state index contributed by atoms with van der Waals surface area (Å²) in [5, 5.41) is 2.44. The standard InChI is InChI=1S/C60H41N/c1-7-23-42(24-8-1)59(43-25-9-2-10-26-43)53-38-22-21-35-48(53)51-39-55-52(40-54(51)59)58-50-37-20-19-36-49(50)57(61(46-31-15-5-16-32-46)47-33-17-6-18-34-47)41-56(58)60(55,44-27-11-3-12-28-44)45-29-13-4-14-30-45/h1-41H. The summed E-state index contributed by atoms with van der Waals surface area (Å²) < 4.78 is 0. The van der Waals surface area contributed by atoms with E-state index in [1.54, 1.807) is 0 Å². The molecule has 12 rings (SSSR count). The Labute approximate surface area is 357 Å². The first-order valence-corrected chi connectivity index (χ1v) is 21.3. The second-order valence-corrected chi connectivity index (χ2v) is 16.3. The van der Waals surface area contributed by atoms with Crippen molar-refractivity contribution in [2.24, 2.45) is 0 Å². The Morgan fingerprint density at radius 2 is 0.639 bits per heavy atom. The van der Waals surface area contributed by atoms with E-state index in [2.05, 4.69) is 254 Å². The Kier molecular flexibility index (Phi) is 8.05. The SMILES string of the molecule is c1ccc(N(c2ccccc2)c2cc3c(c4ccccc24)-c2cc4c(cc2C3(c2ccccc2)c2ccccc2)-c2ccccc2C4(c2ccccc2)c2ccccc2)cc1. The first-order valence-electron chi connectivity index (χ1n) is 21.3. The molecule has 0 aromatic heterocycles. The third-order valence-electron chi connectivity index (χ3n) is 13.4. The molecule has 2 aliphatic carbocycles. The highest BCUT2D eigenvalue weighted by Gasteiger charge is 2.52. The summed E-state index contributed by atoms with van der Waals surface area (Å²) in [6.07, 6.45) is 0. The van der Waals surface area contributed by atoms with Gasteiger partial charge in [0.15, 0.2) is 0 Å². The lowest BCUT2D eigenvalue weighted by molar-refractivity contribution is 0.759. The number of hydrogen-bond donors (Lipinski definition) is 0. The molecule has 0 heterocycles. The Morgan fingerprint density at radius 1 is 0.262 bits per heavy atom. The van der Waals surface area contributed by atoms with Crippen LogP contribution in [0, 0.1) is 0 Å². The highest BCUT2D eigenvalue weighted by atomic mass is 15.1. The van der Waals surface area contributed by atoms with Crippen LogP contribution >= 0.6 is 0 Å². The van der Waals surface area contributed by atoms with E-state index in [0.717, 1.165) is 17.1 Å². The number of fused-ring (bicyclic) bond motifs is 8. The number of rotatable bonds is 7. The molecule has 0 bridgehead atoms. The summed E-state index contributed by atoms with van der Waals surface area (Å²) in [5.74, 6) is 0. The summed E-state index contributed by atoms with van der Waals surface area (Å²) >= 11 is 0. The van der Waals surface area contributed by atoms with Crippen LogP contribution in [0.5, 0.6) is 0 Å². The minimum atomic E-state index is -0.639. The van der Waals surface area contributed by atoms with Crippen molar-refractivity contribution in [1.29, 1.82) is 0 Å². The molecule has 0 N–H and O–H groups in total. The van der Waals surface area contributed by atoms with Crippen molar-refractivity contribution in [1.82, 2.24) is 0 Å². The Hall–Kier alpha value is -7.74. The molecule has 0 aliphatic heterocycles. The topological polar surface area (TPSA) is 3.24 Å². The zero-order chi connectivity index (χ0) is 40.4. The maximum absolute atomic E-state index is 2.59. The van der Waals surface area contributed by atoms with E-state index < -0.39 is 10.8 Å². The Bertz CT molecular complexity index is 3090. The van der Waals surface area contributed by atoms with E-state index in [4.69, 9.17) is 0 Å². The quantitative estimate of drug-likeness (QED) is 0.156. The molecular weight excluding hydrogens is 735 g/mol. The molecule has 2 aliphatic rings. The normalized spacial score (nSPS) is 13.8. The average molecular weight is 776 g/mol. The van der Waals surface area contributed by atoms with Crippen molar-refractivity contribution in [3.05, 3.63) is 293 Å². The van der Waals surface area contributed by atoms with Crippen molar-refractivity contribution < 1.29 is 0 Å². The minimum Gasteiger partial charge on any atom is -0.310 e. The zero-order valence-corrected chi connectivity index (χ0v) is 33.6. The predicted molar refractivity (Wildman–Crippen MR) is 253 cm³/mol. The molecule has 286 valence electrons. The molecule has 0 saturated carbocycles. The van der Waals surface area contributed by atoms with Crippen LogP contribution in [-0.4, -0.2) is 0 Å². The maximum atomic E-state index is 2.59. The molecule has 61 heavy (non-hydrogen) atoms. The summed E-state index contributed by atoms with van der Waals surface area (Å²) in [6, 6.07) is 92.3. The smallest absolute Gasteiger partial charge is 0.0714 e. The lowest BCUT2D eigenvalue weighted by atomic mass is 9.66. The molecule has 0 amide bonds. The second-order valence-electron chi connectivity index (χ2n) is 16.3. The summed E-state index contributed by atoms with van der Waals surface area (Å²) in [4.78, 5) is 2.44. The number of anilines is 3. The molecule has 0 saturated heterocycles. The third-order valence-corrected chi connectivity index (χ3v) is 13.4. The molecule has 0 atom stereocenters. The van der Waals surface area contributed by atoms with Gasteiger partial charge < -0.3 is 4.90 Å². The van der Waals surface area contributed by atoms with Gasteiger partial charge in [0.25, 0.3) is 0 Å². The molecule has 0 unspecified atom stereocenters. The maximum Gasteiger partial charge on any atom is 0.0714 e. The third kappa shape index (κ3) is 5.01. The predicted octanol–water partition coefficient (Wildman–Crippen LogP) is 15.0. The minimum absolute atomic E-state index is 0.526. The van der Waals surface area contributed by atoms with Gasteiger partial charge in [-0.3, -0.25) is 0 Å². The van der Waals surface area contributed by atoms with Crippen LogP contribution in [0.2, 0.25) is 0 Å². The van der Waals surface area contributed by atoms with E-state index >= 15 is 0 Å². The van der Waals surface area contributed by atoms with Gasteiger partial charge in [-0.05, 0) is 115 Å². The number of benzene rings is 10. The summed E-state index contributed by atoms with van der Waals surface area (Å²) in [7, 11) is 0. The molecule has 1 nitrogen and oxygen atoms in total. The van der Waals surface area contributed by atoms with Gasteiger partial charge in [-0.2, -0.15) is 0 Å². The van der Waals surface area contributed by atoms with Crippen LogP contribution in [-0.2, 0) is 10.8 Å². The van der Waals surface area contributed by atoms with E-state index in [-0.39, 0.29) is 0 Å². The molecule has 10 aromatic rings. The van der Waals surface area contributed by atoms with Gasteiger partial charge in [0, 0.05) is 16.8 Å². The van der Waals surface area contributed by atoms with E-state index in [9.17, 15) is 0 Å². The van der Waals surface area contributed by atoms with Gasteiger partial charge in [-0.25, -0.2) is 0 Å². The van der Waals surface area contributed by atoms with Crippen LogP contribution in [0.3, 0.4) is 0 Å². The van der Waals surface area contributed by atoms with Gasteiger partial charge in [-0.15, -0.1) is 0 Å². The van der Waals surface area contributed by atoms with Crippen LogP contribution in [0.25, 0.3) is 33.0 Å². The number of para-hydroxylation sites is 2. The highest BCUT2D eigenvalue weighted by molar-refractivity contribution is 6.11. The van der Waals surface area contributed by atoms with E-state index in [1.165, 1.54) is 77.5 Å².